The summed E-state index contributed by atoms with van der Waals surface area (Å²) in [6.45, 7) is 6.36. The van der Waals surface area contributed by atoms with Crippen molar-refractivity contribution in [3.05, 3.63) is 29.6 Å². The molecule has 4 heteroatoms. The molecule has 1 aromatic heterocycles. The molecule has 1 aromatic carbocycles. The van der Waals surface area contributed by atoms with Crippen LogP contribution in [0.3, 0.4) is 0 Å². The molecule has 0 aliphatic rings. The van der Waals surface area contributed by atoms with Gasteiger partial charge in [0.1, 0.15) is 5.82 Å². The van der Waals surface area contributed by atoms with Crippen molar-refractivity contribution in [3.8, 4) is 0 Å². The lowest BCUT2D eigenvalue weighted by molar-refractivity contribution is 0.311. The van der Waals surface area contributed by atoms with E-state index in [-0.39, 0.29) is 11.6 Å². The van der Waals surface area contributed by atoms with Gasteiger partial charge in [-0.1, -0.05) is 6.07 Å². The number of aromatic nitrogens is 2. The van der Waals surface area contributed by atoms with Crippen LogP contribution in [0.1, 0.15) is 31.3 Å². The minimum atomic E-state index is -0.0164. The van der Waals surface area contributed by atoms with Crippen molar-refractivity contribution in [2.24, 2.45) is 0 Å². The first-order chi connectivity index (χ1) is 8.47. The first kappa shape index (κ1) is 13.1. The predicted molar refractivity (Wildman–Crippen MR) is 75.8 cm³/mol. The van der Waals surface area contributed by atoms with Crippen LogP contribution in [0.4, 0.5) is 0 Å². The van der Waals surface area contributed by atoms with E-state index in [0.717, 1.165) is 16.9 Å². The summed E-state index contributed by atoms with van der Waals surface area (Å²) in [5, 5.41) is 6.74. The lowest BCUT2D eigenvalue weighted by Crippen LogP contribution is -2.47. The summed E-state index contributed by atoms with van der Waals surface area (Å²) in [4.78, 5) is 7.72. The van der Waals surface area contributed by atoms with Crippen molar-refractivity contribution in [2.75, 3.05) is 14.1 Å². The minimum absolute atomic E-state index is 0.0164. The molecule has 0 saturated heterocycles. The van der Waals surface area contributed by atoms with Crippen LogP contribution in [0.2, 0.25) is 0 Å². The predicted octanol–water partition coefficient (Wildman–Crippen LogP) is 2.13. The van der Waals surface area contributed by atoms with E-state index in [9.17, 15) is 0 Å². The molecular weight excluding hydrogens is 224 g/mol. The fraction of sp³-hybridized carbons (Fsp3) is 0.500. The number of likely N-dealkylation sites (N-methyl/N-ethyl adjacent to an activating group) is 2. The average molecular weight is 246 g/mol. The summed E-state index contributed by atoms with van der Waals surface area (Å²) in [5.41, 5.74) is 3.36. The quantitative estimate of drug-likeness (QED) is 0.774. The van der Waals surface area contributed by atoms with Crippen LogP contribution in [0, 0.1) is 6.92 Å². The van der Waals surface area contributed by atoms with Gasteiger partial charge in [0.25, 0.3) is 0 Å². The second-order valence-corrected chi connectivity index (χ2v) is 5.29. The van der Waals surface area contributed by atoms with E-state index in [1.807, 2.05) is 21.0 Å². The molecular formula is C14H22N4. The number of hydrogen-bond donors (Lipinski definition) is 3. The Morgan fingerprint density at radius 1 is 1.28 bits per heavy atom. The third kappa shape index (κ3) is 2.26. The molecule has 0 fully saturated rings. The zero-order valence-electron chi connectivity index (χ0n) is 11.8. The molecule has 4 nitrogen and oxygen atoms in total. The van der Waals surface area contributed by atoms with Crippen molar-refractivity contribution < 1.29 is 0 Å². The molecule has 18 heavy (non-hydrogen) atoms. The lowest BCUT2D eigenvalue weighted by atomic mass is 9.88. The second kappa shape index (κ2) is 4.71. The van der Waals surface area contributed by atoms with Gasteiger partial charge in [0, 0.05) is 11.6 Å². The zero-order chi connectivity index (χ0) is 13.3. The lowest BCUT2D eigenvalue weighted by Gasteiger charge is -2.34. The molecule has 0 aliphatic carbocycles. The summed E-state index contributed by atoms with van der Waals surface area (Å²) in [7, 11) is 3.98. The molecule has 0 aliphatic heterocycles. The highest BCUT2D eigenvalue weighted by atomic mass is 15.0. The van der Waals surface area contributed by atoms with E-state index in [4.69, 9.17) is 0 Å². The normalized spacial score (nSPS) is 14.1. The van der Waals surface area contributed by atoms with Gasteiger partial charge in [-0.3, -0.25) is 0 Å². The number of fused-ring (bicyclic) bond motifs is 1. The third-order valence-electron chi connectivity index (χ3n) is 3.61. The monoisotopic (exact) mass is 246 g/mol. The van der Waals surface area contributed by atoms with E-state index >= 15 is 0 Å². The van der Waals surface area contributed by atoms with Crippen molar-refractivity contribution >= 4 is 11.0 Å². The van der Waals surface area contributed by atoms with E-state index in [1.54, 1.807) is 0 Å². The number of benzene rings is 1. The number of hydrogen-bond acceptors (Lipinski definition) is 3. The van der Waals surface area contributed by atoms with Gasteiger partial charge in [-0.05, 0) is 52.6 Å². The molecule has 0 radical (unpaired) electrons. The third-order valence-corrected chi connectivity index (χ3v) is 3.61. The minimum Gasteiger partial charge on any atom is -0.342 e. The highest BCUT2D eigenvalue weighted by molar-refractivity contribution is 5.76. The van der Waals surface area contributed by atoms with Gasteiger partial charge in [0.2, 0.25) is 0 Å². The van der Waals surface area contributed by atoms with Crippen LogP contribution in [0.25, 0.3) is 11.0 Å². The number of aromatic amines is 1. The fourth-order valence-corrected chi connectivity index (χ4v) is 2.42. The van der Waals surface area contributed by atoms with Crippen LogP contribution in [-0.2, 0) is 0 Å². The SMILES string of the molecule is CNC(c1ccc2nc(C)[nH]c2c1)C(C)(C)NC. The zero-order valence-corrected chi connectivity index (χ0v) is 11.8. The molecule has 1 heterocycles. The highest BCUT2D eigenvalue weighted by Gasteiger charge is 2.27. The van der Waals surface area contributed by atoms with Crippen molar-refractivity contribution in [1.29, 1.82) is 0 Å². The molecule has 3 N–H and O–H groups in total. The van der Waals surface area contributed by atoms with Crippen LogP contribution in [0.5, 0.6) is 0 Å². The molecule has 0 saturated carbocycles. The topological polar surface area (TPSA) is 52.7 Å². The van der Waals surface area contributed by atoms with E-state index in [0.29, 0.717) is 0 Å². The fourth-order valence-electron chi connectivity index (χ4n) is 2.42. The summed E-state index contributed by atoms with van der Waals surface area (Å²) >= 11 is 0. The van der Waals surface area contributed by atoms with Gasteiger partial charge in [0.15, 0.2) is 0 Å². The molecule has 0 bridgehead atoms. The van der Waals surface area contributed by atoms with Crippen molar-refractivity contribution in [2.45, 2.75) is 32.4 Å². The Hall–Kier alpha value is -1.39. The van der Waals surface area contributed by atoms with Crippen LogP contribution in [0.15, 0.2) is 18.2 Å². The Balaban J connectivity index is 2.45. The number of rotatable bonds is 4. The number of nitrogens with one attached hydrogen (secondary N) is 3. The van der Waals surface area contributed by atoms with Gasteiger partial charge in [0.05, 0.1) is 11.0 Å². The Bertz CT molecular complexity index is 542. The largest absolute Gasteiger partial charge is 0.342 e. The van der Waals surface area contributed by atoms with Gasteiger partial charge in [-0.2, -0.15) is 0 Å². The number of imidazole rings is 1. The maximum atomic E-state index is 4.43. The second-order valence-electron chi connectivity index (χ2n) is 5.29. The standard InChI is InChI=1S/C14H22N4/c1-9-17-11-7-6-10(8-12(11)18-9)13(15-4)14(2,3)16-5/h6-8,13,15-16H,1-5H3,(H,17,18). The number of H-pyrrole nitrogens is 1. The molecule has 0 amide bonds. The molecule has 2 aromatic rings. The summed E-state index contributed by atoms with van der Waals surface area (Å²) in [5.74, 6) is 0.955. The van der Waals surface area contributed by atoms with E-state index in [1.165, 1.54) is 5.56 Å². The maximum Gasteiger partial charge on any atom is 0.104 e. The van der Waals surface area contributed by atoms with E-state index < -0.39 is 0 Å². The number of nitrogens with zero attached hydrogens (tertiary/aromatic N) is 1. The maximum absolute atomic E-state index is 4.43. The van der Waals surface area contributed by atoms with E-state index in [2.05, 4.69) is 52.6 Å². The average Bonchev–Trinajstić information content (AvgIpc) is 2.69. The van der Waals surface area contributed by atoms with Crippen LogP contribution < -0.4 is 10.6 Å². The Labute approximate surface area is 108 Å². The smallest absolute Gasteiger partial charge is 0.104 e. The molecule has 1 unspecified atom stereocenters. The first-order valence-corrected chi connectivity index (χ1v) is 6.30. The first-order valence-electron chi connectivity index (χ1n) is 6.30. The van der Waals surface area contributed by atoms with Crippen LogP contribution in [-0.4, -0.2) is 29.6 Å². The Morgan fingerprint density at radius 3 is 2.61 bits per heavy atom. The Morgan fingerprint density at radius 2 is 2.00 bits per heavy atom. The number of aryl methyl sites for hydroxylation is 1. The highest BCUT2D eigenvalue weighted by Crippen LogP contribution is 2.27. The molecule has 0 spiro atoms. The van der Waals surface area contributed by atoms with Gasteiger partial charge in [-0.25, -0.2) is 4.98 Å². The Kier molecular flexibility index (Phi) is 3.41. The molecule has 1 atom stereocenters. The molecule has 98 valence electrons. The summed E-state index contributed by atoms with van der Waals surface area (Å²) in [6.07, 6.45) is 0. The van der Waals surface area contributed by atoms with Crippen molar-refractivity contribution in [3.63, 3.8) is 0 Å². The summed E-state index contributed by atoms with van der Waals surface area (Å²) < 4.78 is 0. The van der Waals surface area contributed by atoms with Gasteiger partial charge < -0.3 is 15.6 Å². The molecule has 2 rings (SSSR count). The van der Waals surface area contributed by atoms with Gasteiger partial charge >= 0.3 is 0 Å². The van der Waals surface area contributed by atoms with Gasteiger partial charge in [-0.15, -0.1) is 0 Å². The van der Waals surface area contributed by atoms with Crippen LogP contribution >= 0.6 is 0 Å². The van der Waals surface area contributed by atoms with Crippen molar-refractivity contribution in [1.82, 2.24) is 20.6 Å². The summed E-state index contributed by atoms with van der Waals surface area (Å²) in [6, 6.07) is 6.64.